The van der Waals surface area contributed by atoms with Crippen molar-refractivity contribution in [3.63, 3.8) is 0 Å². The topological polar surface area (TPSA) is 104 Å². The number of hydrogen-bond acceptors (Lipinski definition) is 9. The smallest absolute Gasteiger partial charge is 0.273 e. The van der Waals surface area contributed by atoms with Crippen molar-refractivity contribution in [3.05, 3.63) is 29.1 Å². The summed E-state index contributed by atoms with van der Waals surface area (Å²) in [6, 6.07) is 4.32. The Morgan fingerprint density at radius 1 is 1.14 bits per heavy atom. The molecule has 2 aromatic rings. The number of likely N-dealkylation sites (N-methyl/N-ethyl adjacent to an activating group) is 1. The highest BCUT2D eigenvalue weighted by atomic mass is 16.5. The Labute approximate surface area is 220 Å². The maximum Gasteiger partial charge on any atom is 0.273 e. The van der Waals surface area contributed by atoms with E-state index in [1.165, 1.54) is 0 Å². The molecule has 3 N–H and O–H groups in total. The number of piperazine rings is 1. The van der Waals surface area contributed by atoms with Crippen LogP contribution in [0.15, 0.2) is 12.1 Å². The molecule has 0 radical (unpaired) electrons. The first kappa shape index (κ1) is 26.9. The van der Waals surface area contributed by atoms with E-state index >= 15 is 0 Å². The molecule has 202 valence electrons. The Morgan fingerprint density at radius 3 is 2.51 bits per heavy atom. The summed E-state index contributed by atoms with van der Waals surface area (Å²) in [7, 11) is 5.46. The van der Waals surface area contributed by atoms with E-state index in [0.717, 1.165) is 99.3 Å². The molecule has 2 aliphatic rings. The van der Waals surface area contributed by atoms with Crippen LogP contribution in [0.3, 0.4) is 0 Å². The Bertz CT molecular complexity index is 1080. The van der Waals surface area contributed by atoms with Crippen molar-refractivity contribution < 1.29 is 14.3 Å². The van der Waals surface area contributed by atoms with Gasteiger partial charge in [-0.1, -0.05) is 13.3 Å². The first-order valence-electron chi connectivity index (χ1n) is 13.3. The van der Waals surface area contributed by atoms with Crippen LogP contribution < -0.4 is 25.6 Å². The molecular weight excluding hydrogens is 470 g/mol. The van der Waals surface area contributed by atoms with E-state index in [2.05, 4.69) is 52.7 Å². The van der Waals surface area contributed by atoms with E-state index < -0.39 is 0 Å². The number of ether oxygens (including phenoxy) is 2. The number of aryl methyl sites for hydroxylation is 2. The quantitative estimate of drug-likeness (QED) is 0.468. The Morgan fingerprint density at radius 2 is 1.86 bits per heavy atom. The molecule has 10 nitrogen and oxygen atoms in total. The molecular formula is C27H41N7O3. The monoisotopic (exact) mass is 511 g/mol. The highest BCUT2D eigenvalue weighted by Gasteiger charge is 2.24. The van der Waals surface area contributed by atoms with E-state index in [4.69, 9.17) is 19.4 Å². The summed E-state index contributed by atoms with van der Waals surface area (Å²) in [5, 5.41) is 9.67. The van der Waals surface area contributed by atoms with Crippen LogP contribution in [0.2, 0.25) is 0 Å². The first-order chi connectivity index (χ1) is 17.9. The fourth-order valence-corrected chi connectivity index (χ4v) is 4.94. The number of aromatic nitrogens is 2. The standard InChI is InChI=1S/C27H41N7O3/c1-6-7-21-25(29-19-8-14-37-15-9-19)32-26(23(31-21)27(35)28-3)30-20-16-18(2)24(22(17-20)36-5)34-12-10-33(4)11-13-34/h16-17,19H,6-15H2,1-5H3,(H,28,35)(H2,29,30,32). The predicted molar refractivity (Wildman–Crippen MR) is 148 cm³/mol. The highest BCUT2D eigenvalue weighted by Crippen LogP contribution is 2.37. The van der Waals surface area contributed by atoms with E-state index in [9.17, 15) is 4.79 Å². The Hall–Kier alpha value is -3.11. The molecule has 0 bridgehead atoms. The van der Waals surface area contributed by atoms with Gasteiger partial charge in [-0.15, -0.1) is 0 Å². The zero-order valence-electron chi connectivity index (χ0n) is 22.8. The normalized spacial score (nSPS) is 16.9. The van der Waals surface area contributed by atoms with Crippen LogP contribution >= 0.6 is 0 Å². The fourth-order valence-electron chi connectivity index (χ4n) is 4.94. The lowest BCUT2D eigenvalue weighted by molar-refractivity contribution is 0.0903. The molecule has 10 heteroatoms. The summed E-state index contributed by atoms with van der Waals surface area (Å²) in [5.74, 6) is 1.66. The third kappa shape index (κ3) is 6.42. The molecule has 1 amide bonds. The van der Waals surface area contributed by atoms with Crippen molar-refractivity contribution in [2.75, 3.05) is 76.1 Å². The number of rotatable bonds is 9. The maximum atomic E-state index is 12.8. The second kappa shape index (κ2) is 12.4. The summed E-state index contributed by atoms with van der Waals surface area (Å²) >= 11 is 0. The predicted octanol–water partition coefficient (Wildman–Crippen LogP) is 3.19. The van der Waals surface area contributed by atoms with Gasteiger partial charge >= 0.3 is 0 Å². The summed E-state index contributed by atoms with van der Waals surface area (Å²) < 4.78 is 11.3. The molecule has 3 heterocycles. The number of anilines is 4. The van der Waals surface area contributed by atoms with Crippen LogP contribution in [-0.2, 0) is 11.2 Å². The van der Waals surface area contributed by atoms with Gasteiger partial charge in [0.05, 0.1) is 18.5 Å². The number of hydrogen-bond donors (Lipinski definition) is 3. The molecule has 2 aliphatic heterocycles. The van der Waals surface area contributed by atoms with Gasteiger partial charge in [-0.3, -0.25) is 4.79 Å². The maximum absolute atomic E-state index is 12.8. The molecule has 0 unspecified atom stereocenters. The molecule has 1 aromatic heterocycles. The van der Waals surface area contributed by atoms with E-state index in [1.54, 1.807) is 14.2 Å². The fraction of sp³-hybridized carbons (Fsp3) is 0.593. The van der Waals surface area contributed by atoms with Crippen molar-refractivity contribution in [1.82, 2.24) is 20.2 Å². The molecule has 2 saturated heterocycles. The number of nitrogens with one attached hydrogen (secondary N) is 3. The largest absolute Gasteiger partial charge is 0.494 e. The van der Waals surface area contributed by atoms with Crippen molar-refractivity contribution in [2.45, 2.75) is 45.6 Å². The lowest BCUT2D eigenvalue weighted by atomic mass is 10.1. The number of carbonyl (C=O) groups excluding carboxylic acids is 1. The molecule has 37 heavy (non-hydrogen) atoms. The minimum absolute atomic E-state index is 0.266. The molecule has 0 aliphatic carbocycles. The van der Waals surface area contributed by atoms with Crippen LogP contribution in [0.25, 0.3) is 0 Å². The average Bonchev–Trinajstić information content (AvgIpc) is 2.90. The molecule has 0 spiro atoms. The van der Waals surface area contributed by atoms with Crippen molar-refractivity contribution in [2.24, 2.45) is 0 Å². The Kier molecular flexibility index (Phi) is 9.04. The van der Waals surface area contributed by atoms with Crippen LogP contribution in [0.1, 0.15) is 47.9 Å². The molecule has 1 aromatic carbocycles. The minimum Gasteiger partial charge on any atom is -0.494 e. The second-order valence-corrected chi connectivity index (χ2v) is 9.84. The third-order valence-electron chi connectivity index (χ3n) is 7.03. The zero-order valence-corrected chi connectivity index (χ0v) is 22.8. The second-order valence-electron chi connectivity index (χ2n) is 9.84. The van der Waals surface area contributed by atoms with Crippen molar-refractivity contribution in [3.8, 4) is 5.75 Å². The summed E-state index contributed by atoms with van der Waals surface area (Å²) in [6.07, 6.45) is 3.46. The van der Waals surface area contributed by atoms with Crippen LogP contribution in [0.4, 0.5) is 23.0 Å². The van der Waals surface area contributed by atoms with Gasteiger partial charge in [0, 0.05) is 64.2 Å². The zero-order chi connectivity index (χ0) is 26.4. The van der Waals surface area contributed by atoms with Gasteiger partial charge in [0.1, 0.15) is 5.75 Å². The number of methoxy groups -OCH3 is 1. The van der Waals surface area contributed by atoms with Crippen LogP contribution in [0.5, 0.6) is 5.75 Å². The molecule has 0 atom stereocenters. The van der Waals surface area contributed by atoms with Gasteiger partial charge in [-0.05, 0) is 44.9 Å². The average molecular weight is 512 g/mol. The summed E-state index contributed by atoms with van der Waals surface area (Å²) in [4.78, 5) is 27.2. The molecule has 4 rings (SSSR count). The van der Waals surface area contributed by atoms with E-state index in [0.29, 0.717) is 5.82 Å². The lowest BCUT2D eigenvalue weighted by Crippen LogP contribution is -2.44. The SMILES string of the molecule is CCCc1nc(C(=O)NC)c(Nc2cc(C)c(N3CCN(C)CC3)c(OC)c2)nc1NC1CCOCC1. The van der Waals surface area contributed by atoms with E-state index in [-0.39, 0.29) is 17.6 Å². The van der Waals surface area contributed by atoms with Gasteiger partial charge in [-0.2, -0.15) is 0 Å². The van der Waals surface area contributed by atoms with Gasteiger partial charge in [-0.25, -0.2) is 9.97 Å². The highest BCUT2D eigenvalue weighted by molar-refractivity contribution is 5.97. The van der Waals surface area contributed by atoms with Gasteiger partial charge in [0.15, 0.2) is 17.3 Å². The molecule has 2 fully saturated rings. The summed E-state index contributed by atoms with van der Waals surface area (Å²) in [5.41, 5.74) is 4.09. The van der Waals surface area contributed by atoms with Crippen molar-refractivity contribution in [1.29, 1.82) is 0 Å². The Balaban J connectivity index is 1.68. The van der Waals surface area contributed by atoms with Gasteiger partial charge in [0.25, 0.3) is 5.91 Å². The lowest BCUT2D eigenvalue weighted by Gasteiger charge is -2.35. The minimum atomic E-state index is -0.275. The van der Waals surface area contributed by atoms with E-state index in [1.807, 2.05) is 6.07 Å². The van der Waals surface area contributed by atoms with Gasteiger partial charge in [0.2, 0.25) is 0 Å². The van der Waals surface area contributed by atoms with Crippen molar-refractivity contribution >= 4 is 28.9 Å². The molecule has 0 saturated carbocycles. The number of nitrogens with zero attached hydrogens (tertiary/aromatic N) is 4. The number of carbonyl (C=O) groups is 1. The van der Waals surface area contributed by atoms with Crippen LogP contribution in [-0.4, -0.2) is 87.4 Å². The third-order valence-corrected chi connectivity index (χ3v) is 7.03. The first-order valence-corrected chi connectivity index (χ1v) is 13.3. The number of amides is 1. The van der Waals surface area contributed by atoms with Gasteiger partial charge < -0.3 is 35.2 Å². The van der Waals surface area contributed by atoms with Crippen LogP contribution in [0, 0.1) is 6.92 Å². The summed E-state index contributed by atoms with van der Waals surface area (Å²) in [6.45, 7) is 9.58. The number of benzene rings is 1.